The molecular weight excluding hydrogens is 486 g/mol. The molecule has 2 aromatic rings. The molecule has 9 heteroatoms. The molecule has 0 amide bonds. The van der Waals surface area contributed by atoms with Gasteiger partial charge in [-0.1, -0.05) is 24.3 Å². The highest BCUT2D eigenvalue weighted by molar-refractivity contribution is 5.99. The molecule has 2 aliphatic rings. The first-order valence-electron chi connectivity index (χ1n) is 12.6. The number of alkyl halides is 3. The SMILES string of the molecule is Cc1c(F)cccc1[C@@H]1[CH][C@@H](N2CCC[C@H]2C(F)(F)F)N(CCN(C)C)C[C@@H]1C(=O)c1cccc(O)c1. The smallest absolute Gasteiger partial charge is 0.404 e. The van der Waals surface area contributed by atoms with Gasteiger partial charge in [-0.05, 0) is 63.2 Å². The maximum atomic E-state index is 14.6. The monoisotopic (exact) mass is 520 g/mol. The lowest BCUT2D eigenvalue weighted by Gasteiger charge is -2.49. The predicted molar refractivity (Wildman–Crippen MR) is 134 cm³/mol. The van der Waals surface area contributed by atoms with E-state index in [4.69, 9.17) is 0 Å². The fraction of sp³-hybridized carbons (Fsp3) is 0.500. The number of ketones is 1. The van der Waals surface area contributed by atoms with E-state index in [1.807, 2.05) is 30.3 Å². The van der Waals surface area contributed by atoms with Crippen LogP contribution in [-0.4, -0.2) is 84.2 Å². The second kappa shape index (κ2) is 11.1. The molecule has 1 radical (unpaired) electrons. The van der Waals surface area contributed by atoms with Crippen LogP contribution in [0.3, 0.4) is 0 Å². The average Bonchev–Trinajstić information content (AvgIpc) is 3.34. The van der Waals surface area contributed by atoms with Crippen molar-refractivity contribution in [2.75, 3.05) is 40.3 Å². The van der Waals surface area contributed by atoms with E-state index in [2.05, 4.69) is 0 Å². The van der Waals surface area contributed by atoms with Crippen molar-refractivity contribution in [1.82, 2.24) is 14.7 Å². The summed E-state index contributed by atoms with van der Waals surface area (Å²) in [5.74, 6) is -1.96. The summed E-state index contributed by atoms with van der Waals surface area (Å²) >= 11 is 0. The van der Waals surface area contributed by atoms with Gasteiger partial charge < -0.3 is 10.0 Å². The Hall–Kier alpha value is -2.49. The molecule has 0 aliphatic carbocycles. The van der Waals surface area contributed by atoms with Gasteiger partial charge in [0.25, 0.3) is 0 Å². The average molecular weight is 521 g/mol. The second-order valence-electron chi connectivity index (χ2n) is 10.3. The fourth-order valence-electron chi connectivity index (χ4n) is 5.67. The lowest BCUT2D eigenvalue weighted by molar-refractivity contribution is -0.188. The van der Waals surface area contributed by atoms with Crippen molar-refractivity contribution < 1.29 is 27.5 Å². The van der Waals surface area contributed by atoms with Crippen LogP contribution in [0.1, 0.15) is 40.2 Å². The summed E-state index contributed by atoms with van der Waals surface area (Å²) in [5, 5.41) is 9.97. The maximum Gasteiger partial charge on any atom is 0.404 e. The second-order valence-corrected chi connectivity index (χ2v) is 10.3. The Morgan fingerprint density at radius 3 is 2.57 bits per heavy atom. The van der Waals surface area contributed by atoms with E-state index in [1.165, 1.54) is 23.1 Å². The highest BCUT2D eigenvalue weighted by atomic mass is 19.4. The molecule has 0 saturated carbocycles. The number of hydrogen-bond acceptors (Lipinski definition) is 5. The number of carbonyl (C=O) groups is 1. The van der Waals surface area contributed by atoms with Crippen LogP contribution < -0.4 is 0 Å². The maximum absolute atomic E-state index is 14.6. The zero-order valence-electron chi connectivity index (χ0n) is 21.4. The van der Waals surface area contributed by atoms with Crippen molar-refractivity contribution in [2.45, 2.75) is 44.1 Å². The zero-order chi connectivity index (χ0) is 26.9. The summed E-state index contributed by atoms with van der Waals surface area (Å²) in [4.78, 5) is 19.2. The van der Waals surface area contributed by atoms with Crippen LogP contribution in [0.4, 0.5) is 17.6 Å². The molecule has 201 valence electrons. The number of aromatic hydroxyl groups is 1. The summed E-state index contributed by atoms with van der Waals surface area (Å²) < 4.78 is 56.6. The number of piperidine rings is 1. The number of likely N-dealkylation sites (N-methyl/N-ethyl adjacent to an activating group) is 1. The lowest BCUT2D eigenvalue weighted by atomic mass is 9.74. The zero-order valence-corrected chi connectivity index (χ0v) is 21.4. The Morgan fingerprint density at radius 1 is 1.16 bits per heavy atom. The molecule has 2 aromatic carbocycles. The third kappa shape index (κ3) is 5.99. The number of nitrogens with zero attached hydrogens (tertiary/aromatic N) is 3. The topological polar surface area (TPSA) is 47.0 Å². The molecule has 1 N–H and O–H groups in total. The van der Waals surface area contributed by atoms with Gasteiger partial charge in [0.15, 0.2) is 5.78 Å². The van der Waals surface area contributed by atoms with E-state index in [1.54, 1.807) is 31.2 Å². The Balaban J connectivity index is 1.77. The fourth-order valence-corrected chi connectivity index (χ4v) is 5.67. The lowest BCUT2D eigenvalue weighted by Crippen LogP contribution is -2.60. The first-order chi connectivity index (χ1) is 17.5. The Kier molecular flexibility index (Phi) is 8.26. The van der Waals surface area contributed by atoms with E-state index >= 15 is 0 Å². The molecule has 0 spiro atoms. The molecule has 2 saturated heterocycles. The molecule has 37 heavy (non-hydrogen) atoms. The molecule has 4 rings (SSSR count). The molecule has 0 bridgehead atoms. The number of halogens is 4. The quantitative estimate of drug-likeness (QED) is 0.418. The Labute approximate surface area is 215 Å². The molecule has 2 fully saturated rings. The Bertz CT molecular complexity index is 1110. The van der Waals surface area contributed by atoms with Gasteiger partial charge in [-0.2, -0.15) is 13.2 Å². The highest BCUT2D eigenvalue weighted by Gasteiger charge is 2.52. The van der Waals surface area contributed by atoms with E-state index in [9.17, 15) is 27.5 Å². The van der Waals surface area contributed by atoms with Gasteiger partial charge in [-0.3, -0.25) is 14.6 Å². The molecule has 5 nitrogen and oxygen atoms in total. The third-order valence-electron chi connectivity index (χ3n) is 7.60. The van der Waals surface area contributed by atoms with Crippen molar-refractivity contribution in [3.63, 3.8) is 0 Å². The molecular formula is C28H34F4N3O2. The number of phenolic OH excluding ortho intramolecular Hbond substituents is 1. The minimum atomic E-state index is -4.37. The van der Waals surface area contributed by atoms with Crippen LogP contribution >= 0.6 is 0 Å². The number of hydrogen-bond donors (Lipinski definition) is 1. The van der Waals surface area contributed by atoms with Crippen LogP contribution in [0.5, 0.6) is 5.75 Å². The molecule has 2 aliphatic heterocycles. The van der Waals surface area contributed by atoms with E-state index in [0.29, 0.717) is 42.7 Å². The first-order valence-corrected chi connectivity index (χ1v) is 12.6. The van der Waals surface area contributed by atoms with Crippen LogP contribution in [0.15, 0.2) is 42.5 Å². The molecule has 0 aromatic heterocycles. The first kappa shape index (κ1) is 27.5. The normalized spacial score (nSPS) is 25.6. The largest absolute Gasteiger partial charge is 0.508 e. The third-order valence-corrected chi connectivity index (χ3v) is 7.60. The van der Waals surface area contributed by atoms with Crippen LogP contribution in [0.2, 0.25) is 0 Å². The van der Waals surface area contributed by atoms with Gasteiger partial charge >= 0.3 is 6.18 Å². The van der Waals surface area contributed by atoms with Crippen LogP contribution in [0, 0.1) is 25.1 Å². The van der Waals surface area contributed by atoms with E-state index < -0.39 is 36.0 Å². The van der Waals surface area contributed by atoms with Crippen molar-refractivity contribution in [3.05, 3.63) is 71.4 Å². The summed E-state index contributed by atoms with van der Waals surface area (Å²) in [6, 6.07) is 9.17. The number of benzene rings is 2. The predicted octanol–water partition coefficient (Wildman–Crippen LogP) is 4.86. The van der Waals surface area contributed by atoms with Crippen LogP contribution in [0.25, 0.3) is 0 Å². The van der Waals surface area contributed by atoms with Gasteiger partial charge in [-0.25, -0.2) is 4.39 Å². The van der Waals surface area contributed by atoms with Crippen molar-refractivity contribution in [1.29, 1.82) is 0 Å². The van der Waals surface area contributed by atoms with E-state index in [-0.39, 0.29) is 24.5 Å². The van der Waals surface area contributed by atoms with Gasteiger partial charge in [-0.15, -0.1) is 0 Å². The molecule has 2 heterocycles. The van der Waals surface area contributed by atoms with Gasteiger partial charge in [0.2, 0.25) is 0 Å². The van der Waals surface area contributed by atoms with Gasteiger partial charge in [0.05, 0.1) is 6.17 Å². The number of rotatable bonds is 7. The van der Waals surface area contributed by atoms with Crippen molar-refractivity contribution >= 4 is 5.78 Å². The molecule has 4 atom stereocenters. The van der Waals surface area contributed by atoms with Crippen molar-refractivity contribution in [3.8, 4) is 5.75 Å². The van der Waals surface area contributed by atoms with Gasteiger partial charge in [0.1, 0.15) is 17.6 Å². The molecule has 0 unspecified atom stereocenters. The standard InChI is InChI=1S/C28H34F4N3O2/c1-18-21(9-5-10-24(18)29)22-16-26(35-12-6-11-25(35)28(30,31)32)34(14-13-33(2)3)17-23(22)27(37)19-7-4-8-20(36)15-19/h4-5,7-10,15-16,22-23,25-26,36H,6,11-14,17H2,1-3H3/t22-,23-,25-,26+/m0/s1. The van der Waals surface area contributed by atoms with Crippen LogP contribution in [-0.2, 0) is 0 Å². The number of carbonyl (C=O) groups excluding carboxylic acids is 1. The summed E-state index contributed by atoms with van der Waals surface area (Å²) in [6.07, 6.45) is -2.74. The van der Waals surface area contributed by atoms with Crippen molar-refractivity contribution in [2.24, 2.45) is 5.92 Å². The van der Waals surface area contributed by atoms with E-state index in [0.717, 1.165) is 0 Å². The number of phenols is 1. The Morgan fingerprint density at radius 2 is 1.89 bits per heavy atom. The minimum absolute atomic E-state index is 0.0324. The number of likely N-dealkylation sites (tertiary alicyclic amines) is 2. The minimum Gasteiger partial charge on any atom is -0.508 e. The number of Topliss-reactive ketones (excluding diaryl/α,β-unsaturated/α-hetero) is 1. The summed E-state index contributed by atoms with van der Waals surface area (Å²) in [6.45, 7) is 3.21. The summed E-state index contributed by atoms with van der Waals surface area (Å²) in [7, 11) is 3.79. The summed E-state index contributed by atoms with van der Waals surface area (Å²) in [5.41, 5.74) is 1.29. The highest BCUT2D eigenvalue weighted by Crippen LogP contribution is 2.43. The van der Waals surface area contributed by atoms with Gasteiger partial charge in [0, 0.05) is 50.0 Å².